The summed E-state index contributed by atoms with van der Waals surface area (Å²) in [6.07, 6.45) is 1.68. The lowest BCUT2D eigenvalue weighted by Crippen LogP contribution is -2.31. The fraction of sp³-hybridized carbons (Fsp3) is 0.444. The fourth-order valence-electron chi connectivity index (χ4n) is 4.27. The zero-order valence-corrected chi connectivity index (χ0v) is 20.7. The summed E-state index contributed by atoms with van der Waals surface area (Å²) < 4.78 is 16.8. The number of aryl methyl sites for hydroxylation is 1. The molecule has 0 saturated heterocycles. The van der Waals surface area contributed by atoms with E-state index in [4.69, 9.17) is 14.2 Å². The first-order chi connectivity index (χ1) is 15.6. The molecule has 0 atom stereocenters. The molecule has 0 radical (unpaired) electrons. The summed E-state index contributed by atoms with van der Waals surface area (Å²) in [6, 6.07) is 7.05. The van der Waals surface area contributed by atoms with Crippen LogP contribution in [0.25, 0.3) is 6.08 Å². The van der Waals surface area contributed by atoms with E-state index in [-0.39, 0.29) is 17.3 Å². The van der Waals surface area contributed by atoms with Crippen molar-refractivity contribution in [2.24, 2.45) is 11.8 Å². The lowest BCUT2D eigenvalue weighted by atomic mass is 9.98. The zero-order valence-electron chi connectivity index (χ0n) is 20.7. The van der Waals surface area contributed by atoms with E-state index in [0.29, 0.717) is 57.9 Å². The maximum atomic E-state index is 13.3. The number of rotatable bonds is 9. The van der Waals surface area contributed by atoms with Crippen LogP contribution < -0.4 is 14.2 Å². The van der Waals surface area contributed by atoms with Crippen LogP contribution in [0.1, 0.15) is 54.7 Å². The number of phenols is 1. The maximum absolute atomic E-state index is 13.3. The molecule has 0 aromatic heterocycles. The van der Waals surface area contributed by atoms with Crippen molar-refractivity contribution >= 4 is 11.9 Å². The van der Waals surface area contributed by atoms with Crippen molar-refractivity contribution in [3.63, 3.8) is 0 Å². The third-order valence-corrected chi connectivity index (χ3v) is 5.58. The Morgan fingerprint density at radius 1 is 1.06 bits per heavy atom. The van der Waals surface area contributed by atoms with Gasteiger partial charge >= 0.3 is 0 Å². The smallest absolute Gasteiger partial charge is 0.232 e. The number of nitrogens with zero attached hydrogens (tertiary/aromatic N) is 1. The first-order valence-corrected chi connectivity index (χ1v) is 11.4. The minimum absolute atomic E-state index is 0.153. The molecule has 6 heteroatoms. The molecule has 2 aromatic carbocycles. The number of ketones is 1. The summed E-state index contributed by atoms with van der Waals surface area (Å²) >= 11 is 0. The van der Waals surface area contributed by atoms with Crippen molar-refractivity contribution in [2.75, 3.05) is 27.3 Å². The minimum Gasteiger partial charge on any atom is -0.507 e. The van der Waals surface area contributed by atoms with Crippen LogP contribution in [0, 0.1) is 18.8 Å². The molecule has 178 valence electrons. The van der Waals surface area contributed by atoms with Crippen LogP contribution in [0.2, 0.25) is 0 Å². The molecule has 0 unspecified atom stereocenters. The number of aromatic hydroxyl groups is 1. The van der Waals surface area contributed by atoms with E-state index in [1.165, 1.54) is 0 Å². The number of carbonyl (C=O) groups excluding carboxylic acids is 1. The second-order valence-corrected chi connectivity index (χ2v) is 9.42. The van der Waals surface area contributed by atoms with Crippen LogP contribution in [-0.4, -0.2) is 43.1 Å². The number of hydrogen-bond donors (Lipinski definition) is 1. The van der Waals surface area contributed by atoms with Gasteiger partial charge in [0, 0.05) is 31.3 Å². The Bertz CT molecular complexity index is 1040. The molecule has 0 aliphatic carbocycles. The summed E-state index contributed by atoms with van der Waals surface area (Å²) in [6.45, 7) is 12.8. The van der Waals surface area contributed by atoms with Gasteiger partial charge < -0.3 is 19.3 Å². The molecule has 1 heterocycles. The highest BCUT2D eigenvalue weighted by Crippen LogP contribution is 2.43. The molecule has 0 amide bonds. The van der Waals surface area contributed by atoms with Crippen molar-refractivity contribution in [1.82, 2.24) is 4.90 Å². The van der Waals surface area contributed by atoms with Gasteiger partial charge in [-0.05, 0) is 48.6 Å². The summed E-state index contributed by atoms with van der Waals surface area (Å²) in [4.78, 5) is 15.6. The van der Waals surface area contributed by atoms with E-state index >= 15 is 0 Å². The van der Waals surface area contributed by atoms with Crippen molar-refractivity contribution in [2.45, 2.75) is 41.2 Å². The van der Waals surface area contributed by atoms with Crippen molar-refractivity contribution in [1.29, 1.82) is 0 Å². The second kappa shape index (κ2) is 10.3. The summed E-state index contributed by atoms with van der Waals surface area (Å²) in [7, 11) is 3.16. The third kappa shape index (κ3) is 5.50. The zero-order chi connectivity index (χ0) is 24.3. The van der Waals surface area contributed by atoms with E-state index in [1.807, 2.05) is 13.0 Å². The van der Waals surface area contributed by atoms with Crippen LogP contribution in [0.3, 0.4) is 0 Å². The number of fused-ring (bicyclic) bond motifs is 1. The molecule has 1 aliphatic rings. The molecule has 0 bridgehead atoms. The molecule has 0 fully saturated rings. The van der Waals surface area contributed by atoms with Crippen LogP contribution in [0.15, 0.2) is 30.0 Å². The molecule has 3 rings (SSSR count). The van der Waals surface area contributed by atoms with Gasteiger partial charge in [-0.1, -0.05) is 27.7 Å². The Balaban J connectivity index is 2.01. The van der Waals surface area contributed by atoms with Gasteiger partial charge in [0.2, 0.25) is 5.78 Å². The van der Waals surface area contributed by atoms with Crippen LogP contribution in [0.5, 0.6) is 23.0 Å². The molecule has 1 aliphatic heterocycles. The largest absolute Gasteiger partial charge is 0.507 e. The quantitative estimate of drug-likeness (QED) is 0.510. The highest BCUT2D eigenvalue weighted by molar-refractivity contribution is 6.16. The van der Waals surface area contributed by atoms with Gasteiger partial charge in [0.05, 0.1) is 25.3 Å². The van der Waals surface area contributed by atoms with Gasteiger partial charge in [0.15, 0.2) is 5.76 Å². The summed E-state index contributed by atoms with van der Waals surface area (Å²) in [5.74, 6) is 2.82. The normalized spacial score (nSPS) is 14.4. The molecular formula is C27H35NO5. The van der Waals surface area contributed by atoms with Gasteiger partial charge in [-0.15, -0.1) is 0 Å². The average Bonchev–Trinajstić information content (AvgIpc) is 3.06. The molecule has 1 N–H and O–H groups in total. The molecule has 33 heavy (non-hydrogen) atoms. The van der Waals surface area contributed by atoms with Gasteiger partial charge in [0.1, 0.15) is 23.0 Å². The Morgan fingerprint density at radius 3 is 2.30 bits per heavy atom. The van der Waals surface area contributed by atoms with Crippen molar-refractivity contribution < 1.29 is 24.1 Å². The minimum atomic E-state index is -0.194. The number of methoxy groups -OCH3 is 2. The van der Waals surface area contributed by atoms with Gasteiger partial charge in [-0.3, -0.25) is 9.69 Å². The Labute approximate surface area is 196 Å². The lowest BCUT2D eigenvalue weighted by Gasteiger charge is -2.27. The van der Waals surface area contributed by atoms with E-state index in [1.54, 1.807) is 38.5 Å². The summed E-state index contributed by atoms with van der Waals surface area (Å²) in [5.41, 5.74) is 2.56. The second-order valence-electron chi connectivity index (χ2n) is 9.42. The topological polar surface area (TPSA) is 68.2 Å². The van der Waals surface area contributed by atoms with Crippen LogP contribution in [0.4, 0.5) is 0 Å². The van der Waals surface area contributed by atoms with E-state index in [2.05, 4.69) is 32.6 Å². The number of phenolic OH excluding ortho intramolecular Hbond substituents is 1. The number of ether oxygens (including phenoxy) is 3. The van der Waals surface area contributed by atoms with E-state index in [0.717, 1.165) is 13.1 Å². The number of allylic oxidation sites excluding steroid dienone is 1. The summed E-state index contributed by atoms with van der Waals surface area (Å²) in [5, 5.41) is 10.8. The first kappa shape index (κ1) is 24.6. The third-order valence-electron chi connectivity index (χ3n) is 5.58. The molecular weight excluding hydrogens is 418 g/mol. The fourth-order valence-corrected chi connectivity index (χ4v) is 4.27. The molecule has 2 aromatic rings. The first-order valence-electron chi connectivity index (χ1n) is 11.4. The van der Waals surface area contributed by atoms with Gasteiger partial charge in [-0.25, -0.2) is 0 Å². The van der Waals surface area contributed by atoms with Gasteiger partial charge in [-0.2, -0.15) is 0 Å². The Kier molecular flexibility index (Phi) is 7.69. The van der Waals surface area contributed by atoms with E-state index < -0.39 is 0 Å². The van der Waals surface area contributed by atoms with Gasteiger partial charge in [0.25, 0.3) is 0 Å². The number of hydrogen-bond acceptors (Lipinski definition) is 6. The average molecular weight is 454 g/mol. The highest BCUT2D eigenvalue weighted by Gasteiger charge is 2.34. The Hall–Kier alpha value is -2.99. The van der Waals surface area contributed by atoms with Crippen LogP contribution in [-0.2, 0) is 6.54 Å². The maximum Gasteiger partial charge on any atom is 0.232 e. The van der Waals surface area contributed by atoms with Crippen molar-refractivity contribution in [3.8, 4) is 23.0 Å². The van der Waals surface area contributed by atoms with Crippen molar-refractivity contribution in [3.05, 3.63) is 52.3 Å². The predicted molar refractivity (Wildman–Crippen MR) is 130 cm³/mol. The number of Topliss-reactive ketones (excluding diaryl/α,β-unsaturated/α-hetero) is 1. The monoisotopic (exact) mass is 453 g/mol. The molecule has 6 nitrogen and oxygen atoms in total. The van der Waals surface area contributed by atoms with E-state index in [9.17, 15) is 9.90 Å². The predicted octanol–water partition coefficient (Wildman–Crippen LogP) is 5.45. The standard InChI is InChI=1S/C27H35NO5/c1-16(2)13-28(14-17(3)4)15-21-22(29)10-18(5)25-26(30)24(33-27(21)25)11-19-8-9-20(31-6)12-23(19)32-7/h8-12,16-17,29H,13-15H2,1-7H3/b24-11+. The number of carbonyl (C=O) groups is 1. The molecule has 0 spiro atoms. The molecule has 0 saturated carbocycles. The SMILES string of the molecule is COc1ccc(/C=C2/Oc3c(CN(CC(C)C)CC(C)C)c(O)cc(C)c3C2=O)c(OC)c1. The Morgan fingerprint density at radius 2 is 1.73 bits per heavy atom. The van der Waals surface area contributed by atoms with Crippen LogP contribution >= 0.6 is 0 Å². The highest BCUT2D eigenvalue weighted by atomic mass is 16.5. The number of benzene rings is 2. The lowest BCUT2D eigenvalue weighted by molar-refractivity contribution is 0.101.